The van der Waals surface area contributed by atoms with Gasteiger partial charge in [0, 0.05) is 33.0 Å². The third kappa shape index (κ3) is 4.99. The maximum Gasteiger partial charge on any atom is 0.336 e. The molecule has 0 N–H and O–H groups in total. The molecule has 1 aromatic carbocycles. The summed E-state index contributed by atoms with van der Waals surface area (Å²) in [6.07, 6.45) is 0.388. The summed E-state index contributed by atoms with van der Waals surface area (Å²) in [6.45, 7) is 9.64. The van der Waals surface area contributed by atoms with Crippen molar-refractivity contribution >= 4 is 34.8 Å². The number of nitrogens with zero attached hydrogens (tertiary/aromatic N) is 1. The Morgan fingerprint density at radius 3 is 2.41 bits per heavy atom. The van der Waals surface area contributed by atoms with Crippen LogP contribution in [0.15, 0.2) is 46.6 Å². The minimum Gasteiger partial charge on any atom is -0.497 e. The summed E-state index contributed by atoms with van der Waals surface area (Å²) in [5, 5.41) is 0. The zero-order valence-corrected chi connectivity index (χ0v) is 22.9. The molecule has 4 rings (SSSR count). The van der Waals surface area contributed by atoms with Gasteiger partial charge in [-0.3, -0.25) is 14.6 Å². The van der Waals surface area contributed by atoms with Crippen molar-refractivity contribution in [1.82, 2.24) is 0 Å². The first kappa shape index (κ1) is 26.8. The van der Waals surface area contributed by atoms with Crippen molar-refractivity contribution in [2.24, 2.45) is 16.8 Å². The van der Waals surface area contributed by atoms with Crippen molar-refractivity contribution in [1.29, 1.82) is 0 Å². The Kier molecular flexibility index (Phi) is 7.97. The van der Waals surface area contributed by atoms with E-state index in [0.29, 0.717) is 29.2 Å². The minimum absolute atomic E-state index is 0.165. The number of hydrogen-bond acceptors (Lipinski definition) is 8. The first-order valence-corrected chi connectivity index (χ1v) is 13.4. The second-order valence-electron chi connectivity index (χ2n) is 9.37. The highest BCUT2D eigenvalue weighted by atomic mass is 32.1. The van der Waals surface area contributed by atoms with E-state index in [1.165, 1.54) is 0 Å². The first-order chi connectivity index (χ1) is 17.7. The lowest BCUT2D eigenvalue weighted by molar-refractivity contribution is -0.153. The highest BCUT2D eigenvalue weighted by Gasteiger charge is 2.53. The molecule has 1 aliphatic heterocycles. The molecule has 7 nitrogen and oxygen atoms in total. The number of methoxy groups -OCH3 is 1. The standard InChI is InChI=1S/C29H33NO6S/c1-7-35-28(32)23-16(4)30-22-14-21(18-10-9-11-19(13-18)34-6)25(29(33)36-8-2)27(31)26(22)24(23)20-12-15(3)37-17(20)5/h9-13,21,24-26H,7-8,14H2,1-6H3/t21-,24+,25-,26?/m0/s1. The SMILES string of the molecule is CCOC(=O)C1=C(C)N=C2C[C@@H](c3cccc(OC)c3)[C@H](C(=O)OCC)C(=O)C2[C@@H]1c1cc(C)sc1C. The molecule has 2 heterocycles. The van der Waals surface area contributed by atoms with Gasteiger partial charge in [0.25, 0.3) is 0 Å². The van der Waals surface area contributed by atoms with Gasteiger partial charge in [-0.05, 0) is 70.4 Å². The molecule has 196 valence electrons. The van der Waals surface area contributed by atoms with Crippen LogP contribution in [0.2, 0.25) is 0 Å². The molecule has 1 saturated carbocycles. The van der Waals surface area contributed by atoms with Crippen LogP contribution in [0.25, 0.3) is 0 Å². The third-order valence-electron chi connectivity index (χ3n) is 7.12. The number of ether oxygens (including phenoxy) is 3. The Balaban J connectivity index is 1.90. The fourth-order valence-corrected chi connectivity index (χ4v) is 6.61. The number of ketones is 1. The summed E-state index contributed by atoms with van der Waals surface area (Å²) in [6, 6.07) is 9.45. The quantitative estimate of drug-likeness (QED) is 0.361. The number of thiophene rings is 1. The van der Waals surface area contributed by atoms with E-state index < -0.39 is 35.6 Å². The van der Waals surface area contributed by atoms with Gasteiger partial charge in [0.2, 0.25) is 0 Å². The number of benzene rings is 1. The third-order valence-corrected chi connectivity index (χ3v) is 8.10. The van der Waals surface area contributed by atoms with Crippen LogP contribution in [0.1, 0.15) is 59.9 Å². The number of carbonyl (C=O) groups excluding carboxylic acids is 3. The molecule has 1 fully saturated rings. The number of rotatable bonds is 7. The molecular weight excluding hydrogens is 490 g/mol. The molecule has 2 aliphatic rings. The van der Waals surface area contributed by atoms with E-state index in [2.05, 4.69) is 0 Å². The number of Topliss-reactive ketones (excluding diaryl/α,β-unsaturated/α-hetero) is 1. The zero-order chi connectivity index (χ0) is 26.9. The van der Waals surface area contributed by atoms with Crippen LogP contribution in [-0.4, -0.2) is 43.8 Å². The molecule has 0 bridgehead atoms. The van der Waals surface area contributed by atoms with Gasteiger partial charge in [-0.25, -0.2) is 4.79 Å². The smallest absolute Gasteiger partial charge is 0.336 e. The Morgan fingerprint density at radius 1 is 1.05 bits per heavy atom. The summed E-state index contributed by atoms with van der Waals surface area (Å²) in [5.74, 6) is -3.49. The van der Waals surface area contributed by atoms with Crippen molar-refractivity contribution in [2.75, 3.05) is 20.3 Å². The lowest BCUT2D eigenvalue weighted by atomic mass is 9.62. The van der Waals surface area contributed by atoms with Crippen molar-refractivity contribution in [3.63, 3.8) is 0 Å². The summed E-state index contributed by atoms with van der Waals surface area (Å²) >= 11 is 1.62. The predicted molar refractivity (Wildman–Crippen MR) is 142 cm³/mol. The molecule has 0 spiro atoms. The van der Waals surface area contributed by atoms with Crippen LogP contribution in [0, 0.1) is 25.7 Å². The first-order valence-electron chi connectivity index (χ1n) is 12.6. The van der Waals surface area contributed by atoms with E-state index in [1.807, 2.05) is 44.2 Å². The van der Waals surface area contributed by atoms with E-state index >= 15 is 0 Å². The summed E-state index contributed by atoms with van der Waals surface area (Å²) in [4.78, 5) is 47.8. The van der Waals surface area contributed by atoms with Gasteiger partial charge < -0.3 is 14.2 Å². The summed E-state index contributed by atoms with van der Waals surface area (Å²) in [5.41, 5.74) is 3.32. The normalized spacial score (nSPS) is 23.3. The van der Waals surface area contributed by atoms with E-state index in [9.17, 15) is 14.4 Å². The van der Waals surface area contributed by atoms with Gasteiger partial charge in [-0.2, -0.15) is 0 Å². The average molecular weight is 524 g/mol. The van der Waals surface area contributed by atoms with Crippen LogP contribution < -0.4 is 4.74 Å². The predicted octanol–water partition coefficient (Wildman–Crippen LogP) is 5.30. The second-order valence-corrected chi connectivity index (χ2v) is 10.8. The lowest BCUT2D eigenvalue weighted by Gasteiger charge is -2.41. The van der Waals surface area contributed by atoms with Gasteiger partial charge in [-0.15, -0.1) is 11.3 Å². The number of aryl methyl sites for hydroxylation is 2. The average Bonchev–Trinajstić information content (AvgIpc) is 3.20. The molecule has 0 radical (unpaired) electrons. The van der Waals surface area contributed by atoms with Crippen LogP contribution >= 0.6 is 11.3 Å². The highest BCUT2D eigenvalue weighted by molar-refractivity contribution is 7.12. The molecule has 2 aromatic rings. The Hall–Kier alpha value is -3.26. The largest absolute Gasteiger partial charge is 0.497 e. The molecule has 0 amide bonds. The van der Waals surface area contributed by atoms with E-state index in [0.717, 1.165) is 20.9 Å². The lowest BCUT2D eigenvalue weighted by Crippen LogP contribution is -2.48. The van der Waals surface area contributed by atoms with Crippen molar-refractivity contribution < 1.29 is 28.6 Å². The van der Waals surface area contributed by atoms with Crippen LogP contribution in [0.5, 0.6) is 5.75 Å². The van der Waals surface area contributed by atoms with Gasteiger partial charge in [0.05, 0.1) is 31.8 Å². The second kappa shape index (κ2) is 11.0. The number of fused-ring (bicyclic) bond motifs is 1. The highest BCUT2D eigenvalue weighted by Crippen LogP contribution is 2.50. The fourth-order valence-electron chi connectivity index (χ4n) is 5.64. The van der Waals surface area contributed by atoms with E-state index in [-0.39, 0.29) is 19.0 Å². The summed E-state index contributed by atoms with van der Waals surface area (Å²) < 4.78 is 16.2. The number of allylic oxidation sites excluding steroid dienone is 1. The van der Waals surface area contributed by atoms with Crippen molar-refractivity contribution in [3.05, 3.63) is 62.5 Å². The summed E-state index contributed by atoms with van der Waals surface area (Å²) in [7, 11) is 1.58. The molecular formula is C29H33NO6S. The van der Waals surface area contributed by atoms with Crippen molar-refractivity contribution in [2.45, 2.75) is 52.9 Å². The Bertz CT molecular complexity index is 1290. The van der Waals surface area contributed by atoms with Crippen molar-refractivity contribution in [3.8, 4) is 5.75 Å². The molecule has 8 heteroatoms. The molecule has 37 heavy (non-hydrogen) atoms. The Morgan fingerprint density at radius 2 is 1.78 bits per heavy atom. The topological polar surface area (TPSA) is 91.3 Å². The molecule has 0 saturated heterocycles. The van der Waals surface area contributed by atoms with E-state index in [4.69, 9.17) is 19.2 Å². The minimum atomic E-state index is -1.03. The van der Waals surface area contributed by atoms with Gasteiger partial charge in [-0.1, -0.05) is 12.1 Å². The Labute approximate surface area is 221 Å². The maximum absolute atomic E-state index is 14.4. The van der Waals surface area contributed by atoms with Gasteiger partial charge in [0.15, 0.2) is 5.78 Å². The zero-order valence-electron chi connectivity index (χ0n) is 22.1. The molecule has 1 aliphatic carbocycles. The monoisotopic (exact) mass is 523 g/mol. The van der Waals surface area contributed by atoms with Crippen LogP contribution in [0.4, 0.5) is 0 Å². The molecule has 4 atom stereocenters. The number of carbonyl (C=O) groups is 3. The van der Waals surface area contributed by atoms with Crippen LogP contribution in [0.3, 0.4) is 0 Å². The number of esters is 2. The van der Waals surface area contributed by atoms with Crippen LogP contribution in [-0.2, 0) is 23.9 Å². The van der Waals surface area contributed by atoms with Gasteiger partial charge >= 0.3 is 11.9 Å². The van der Waals surface area contributed by atoms with E-state index in [1.54, 1.807) is 39.2 Å². The van der Waals surface area contributed by atoms with Gasteiger partial charge in [0.1, 0.15) is 11.7 Å². The number of aliphatic imine (C=N–C) groups is 1. The maximum atomic E-state index is 14.4. The molecule has 1 unspecified atom stereocenters. The molecule has 1 aromatic heterocycles. The number of hydrogen-bond donors (Lipinski definition) is 0. The fraction of sp³-hybridized carbons (Fsp3) is 0.448.